The van der Waals surface area contributed by atoms with Crippen molar-refractivity contribution in [1.29, 1.82) is 0 Å². The van der Waals surface area contributed by atoms with Gasteiger partial charge in [0.15, 0.2) is 0 Å². The highest BCUT2D eigenvalue weighted by Crippen LogP contribution is 2.32. The fourth-order valence-electron chi connectivity index (χ4n) is 1.65. The van der Waals surface area contributed by atoms with E-state index in [1.807, 2.05) is 11.4 Å². The molecule has 2 nitrogen and oxygen atoms in total. The minimum atomic E-state index is 0.0652. The average molecular weight is 207 g/mol. The number of hydrogen-bond donors (Lipinski definition) is 2. The van der Waals surface area contributed by atoms with Crippen molar-refractivity contribution in [2.45, 2.75) is 20.0 Å². The van der Waals surface area contributed by atoms with Gasteiger partial charge in [0.25, 0.3) is 0 Å². The van der Waals surface area contributed by atoms with Crippen LogP contribution in [0.3, 0.4) is 0 Å². The molecule has 2 rings (SSSR count). The van der Waals surface area contributed by atoms with Gasteiger partial charge in [0.2, 0.25) is 0 Å². The number of hydrogen-bond acceptors (Lipinski definition) is 3. The predicted octanol–water partition coefficient (Wildman–Crippen LogP) is 2.54. The molecule has 1 aromatic carbocycles. The zero-order chi connectivity index (χ0) is 10.1. The molecule has 2 aromatic rings. The number of aryl methyl sites for hydroxylation is 1. The summed E-state index contributed by atoms with van der Waals surface area (Å²) in [7, 11) is 0. The molecular formula is C11H13NOS. The molecule has 0 amide bonds. The van der Waals surface area contributed by atoms with Crippen molar-refractivity contribution in [3.05, 3.63) is 28.6 Å². The molecule has 0 aliphatic carbocycles. The Kier molecular flexibility index (Phi) is 2.44. The molecule has 0 saturated carbocycles. The highest BCUT2D eigenvalue weighted by molar-refractivity contribution is 7.17. The van der Waals surface area contributed by atoms with Gasteiger partial charge in [-0.3, -0.25) is 0 Å². The molecule has 74 valence electrons. The maximum absolute atomic E-state index is 9.13. The second kappa shape index (κ2) is 3.59. The molecule has 1 heterocycles. The van der Waals surface area contributed by atoms with E-state index in [2.05, 4.69) is 13.0 Å². The number of anilines is 1. The molecule has 0 bridgehead atoms. The van der Waals surface area contributed by atoms with Crippen molar-refractivity contribution in [2.75, 3.05) is 5.73 Å². The summed E-state index contributed by atoms with van der Waals surface area (Å²) in [6.07, 6.45) is 0.993. The average Bonchev–Trinajstić information content (AvgIpc) is 2.61. The summed E-state index contributed by atoms with van der Waals surface area (Å²) in [5.41, 5.74) is 8.92. The first-order chi connectivity index (χ1) is 6.76. The smallest absolute Gasteiger partial charge is 0.0696 e. The van der Waals surface area contributed by atoms with Crippen molar-refractivity contribution >= 4 is 27.1 Å². The molecule has 1 aromatic heterocycles. The second-order valence-electron chi connectivity index (χ2n) is 3.33. The first kappa shape index (κ1) is 9.49. The number of nitrogens with two attached hydrogens (primary N) is 1. The molecule has 3 N–H and O–H groups in total. The Morgan fingerprint density at radius 3 is 2.86 bits per heavy atom. The largest absolute Gasteiger partial charge is 0.398 e. The van der Waals surface area contributed by atoms with Gasteiger partial charge >= 0.3 is 0 Å². The standard InChI is InChI=1S/C11H13NOS/c1-2-7-3-9(12)11-8(5-13)6-14-10(11)4-7/h3-4,6,13H,2,5,12H2,1H3. The number of fused-ring (bicyclic) bond motifs is 1. The third-order valence-corrected chi connectivity index (χ3v) is 3.40. The van der Waals surface area contributed by atoms with E-state index in [1.165, 1.54) is 10.3 Å². The highest BCUT2D eigenvalue weighted by Gasteiger charge is 2.07. The summed E-state index contributed by atoms with van der Waals surface area (Å²) in [5.74, 6) is 0. The van der Waals surface area contributed by atoms with E-state index in [9.17, 15) is 0 Å². The summed E-state index contributed by atoms with van der Waals surface area (Å²) in [6.45, 7) is 2.18. The summed E-state index contributed by atoms with van der Waals surface area (Å²) >= 11 is 1.64. The van der Waals surface area contributed by atoms with E-state index in [1.54, 1.807) is 11.3 Å². The lowest BCUT2D eigenvalue weighted by atomic mass is 10.1. The van der Waals surface area contributed by atoms with Crippen LogP contribution in [0.4, 0.5) is 5.69 Å². The van der Waals surface area contributed by atoms with Crippen LogP contribution >= 0.6 is 11.3 Å². The Bertz CT molecular complexity index is 462. The summed E-state index contributed by atoms with van der Waals surface area (Å²) < 4.78 is 1.17. The van der Waals surface area contributed by atoms with Gasteiger partial charge in [-0.05, 0) is 35.1 Å². The molecule has 0 atom stereocenters. The Hall–Kier alpha value is -1.06. The topological polar surface area (TPSA) is 46.2 Å². The van der Waals surface area contributed by atoms with Crippen molar-refractivity contribution < 1.29 is 5.11 Å². The van der Waals surface area contributed by atoms with Crippen LogP contribution in [0, 0.1) is 0 Å². The molecule has 0 aliphatic rings. The van der Waals surface area contributed by atoms with Gasteiger partial charge in [-0.1, -0.05) is 6.92 Å². The van der Waals surface area contributed by atoms with Gasteiger partial charge in [0.05, 0.1) is 6.61 Å². The zero-order valence-electron chi connectivity index (χ0n) is 8.08. The van der Waals surface area contributed by atoms with E-state index in [0.717, 1.165) is 23.1 Å². The molecule has 0 radical (unpaired) electrons. The van der Waals surface area contributed by atoms with Gasteiger partial charge in [-0.2, -0.15) is 0 Å². The first-order valence-electron chi connectivity index (χ1n) is 4.65. The van der Waals surface area contributed by atoms with Crippen LogP contribution in [0.2, 0.25) is 0 Å². The molecule has 0 fully saturated rings. The van der Waals surface area contributed by atoms with Gasteiger partial charge in [-0.25, -0.2) is 0 Å². The third kappa shape index (κ3) is 1.38. The summed E-state index contributed by atoms with van der Waals surface area (Å²) in [5, 5.41) is 12.1. The highest BCUT2D eigenvalue weighted by atomic mass is 32.1. The molecule has 14 heavy (non-hydrogen) atoms. The molecule has 0 aliphatic heterocycles. The minimum absolute atomic E-state index is 0.0652. The van der Waals surface area contributed by atoms with Gasteiger partial charge < -0.3 is 10.8 Å². The van der Waals surface area contributed by atoms with E-state index >= 15 is 0 Å². The number of thiophene rings is 1. The Balaban J connectivity index is 2.72. The SMILES string of the molecule is CCc1cc(N)c2c(CO)csc2c1. The Morgan fingerprint density at radius 2 is 2.21 bits per heavy atom. The molecule has 0 unspecified atom stereocenters. The number of benzene rings is 1. The summed E-state index contributed by atoms with van der Waals surface area (Å²) in [4.78, 5) is 0. The van der Waals surface area contributed by atoms with Crippen LogP contribution in [0.1, 0.15) is 18.1 Å². The first-order valence-corrected chi connectivity index (χ1v) is 5.53. The van der Waals surface area contributed by atoms with Crippen molar-refractivity contribution in [2.24, 2.45) is 0 Å². The monoisotopic (exact) mass is 207 g/mol. The van der Waals surface area contributed by atoms with Crippen molar-refractivity contribution in [3.63, 3.8) is 0 Å². The fourth-order valence-corrected chi connectivity index (χ4v) is 2.69. The van der Waals surface area contributed by atoms with Crippen LogP contribution in [0.25, 0.3) is 10.1 Å². The maximum Gasteiger partial charge on any atom is 0.0696 e. The van der Waals surface area contributed by atoms with Crippen molar-refractivity contribution in [1.82, 2.24) is 0 Å². The minimum Gasteiger partial charge on any atom is -0.398 e. The fraction of sp³-hybridized carbons (Fsp3) is 0.273. The van der Waals surface area contributed by atoms with E-state index in [0.29, 0.717) is 0 Å². The van der Waals surface area contributed by atoms with E-state index < -0.39 is 0 Å². The van der Waals surface area contributed by atoms with Gasteiger partial charge in [0.1, 0.15) is 0 Å². The molecule has 0 spiro atoms. The molecular weight excluding hydrogens is 194 g/mol. The Labute approximate surface area is 87.0 Å². The van der Waals surface area contributed by atoms with Crippen LogP contribution in [-0.2, 0) is 13.0 Å². The van der Waals surface area contributed by atoms with Crippen LogP contribution in [-0.4, -0.2) is 5.11 Å². The lowest BCUT2D eigenvalue weighted by Gasteiger charge is -2.02. The van der Waals surface area contributed by atoms with Crippen LogP contribution in [0.5, 0.6) is 0 Å². The maximum atomic E-state index is 9.13. The quantitative estimate of drug-likeness (QED) is 0.743. The van der Waals surface area contributed by atoms with E-state index in [-0.39, 0.29) is 6.61 Å². The lowest BCUT2D eigenvalue weighted by Crippen LogP contribution is -1.91. The number of nitrogen functional groups attached to an aromatic ring is 1. The molecule has 3 heteroatoms. The predicted molar refractivity (Wildman–Crippen MR) is 61.5 cm³/mol. The number of rotatable bonds is 2. The zero-order valence-corrected chi connectivity index (χ0v) is 8.90. The van der Waals surface area contributed by atoms with Crippen molar-refractivity contribution in [3.8, 4) is 0 Å². The summed E-state index contributed by atoms with van der Waals surface area (Å²) in [6, 6.07) is 4.14. The second-order valence-corrected chi connectivity index (χ2v) is 4.24. The van der Waals surface area contributed by atoms with Gasteiger partial charge in [0, 0.05) is 15.8 Å². The number of aliphatic hydroxyl groups excluding tert-OH is 1. The van der Waals surface area contributed by atoms with Crippen LogP contribution < -0.4 is 5.73 Å². The Morgan fingerprint density at radius 1 is 1.43 bits per heavy atom. The van der Waals surface area contributed by atoms with Crippen LogP contribution in [0.15, 0.2) is 17.5 Å². The third-order valence-electron chi connectivity index (χ3n) is 2.42. The lowest BCUT2D eigenvalue weighted by molar-refractivity contribution is 0.284. The molecule has 0 saturated heterocycles. The van der Waals surface area contributed by atoms with Gasteiger partial charge in [-0.15, -0.1) is 11.3 Å². The normalized spacial score (nSPS) is 11.0. The van der Waals surface area contributed by atoms with E-state index in [4.69, 9.17) is 10.8 Å². The number of aliphatic hydroxyl groups is 1.